The van der Waals surface area contributed by atoms with Gasteiger partial charge in [-0.2, -0.15) is 0 Å². The Hall–Kier alpha value is -3.10. The van der Waals surface area contributed by atoms with Gasteiger partial charge < -0.3 is 20.3 Å². The number of aryl methyl sites for hydroxylation is 2. The molecule has 0 fully saturated rings. The smallest absolute Gasteiger partial charge is 0.290 e. The number of aromatic nitrogens is 1. The van der Waals surface area contributed by atoms with Crippen molar-refractivity contribution < 1.29 is 23.2 Å². The van der Waals surface area contributed by atoms with Gasteiger partial charge in [0.15, 0.2) is 0 Å². The van der Waals surface area contributed by atoms with Gasteiger partial charge in [0.05, 0.1) is 17.8 Å². The molecule has 0 bridgehead atoms. The summed E-state index contributed by atoms with van der Waals surface area (Å²) in [6.45, 7) is 2.80. The van der Waals surface area contributed by atoms with Crippen LogP contribution in [0.4, 0.5) is 8.78 Å². The Balaban J connectivity index is 1.47. The molecule has 3 aromatic rings. The first-order valence-corrected chi connectivity index (χ1v) is 12.6. The highest BCUT2D eigenvalue weighted by Crippen LogP contribution is 2.23. The van der Waals surface area contributed by atoms with Crippen molar-refractivity contribution in [2.75, 3.05) is 6.54 Å². The molecule has 2 atom stereocenters. The van der Waals surface area contributed by atoms with Crippen LogP contribution in [0.3, 0.4) is 0 Å². The van der Waals surface area contributed by atoms with Crippen LogP contribution in [0.25, 0.3) is 0 Å². The first kappa shape index (κ1) is 26.0. The highest BCUT2D eigenvalue weighted by Gasteiger charge is 2.28. The SMILES string of the molecule is CCc1cccc(CNC[C@@H](O)[C@H](Cc2cc(F)cc(F)c2)NC(=O)c2onc3c2CCCCC3)c1. The third kappa shape index (κ3) is 6.77. The van der Waals surface area contributed by atoms with E-state index in [0.717, 1.165) is 55.0 Å². The molecule has 1 aromatic heterocycles. The van der Waals surface area contributed by atoms with Crippen LogP contribution in [0.15, 0.2) is 47.0 Å². The van der Waals surface area contributed by atoms with E-state index < -0.39 is 29.7 Å². The molecule has 3 N–H and O–H groups in total. The number of aliphatic hydroxyl groups excluding tert-OH is 1. The van der Waals surface area contributed by atoms with Gasteiger partial charge in [0.1, 0.15) is 11.6 Å². The number of hydrogen-bond acceptors (Lipinski definition) is 5. The van der Waals surface area contributed by atoms with E-state index in [1.807, 2.05) is 12.1 Å². The Bertz CT molecular complexity index is 1160. The summed E-state index contributed by atoms with van der Waals surface area (Å²) in [7, 11) is 0. The van der Waals surface area contributed by atoms with Gasteiger partial charge >= 0.3 is 0 Å². The number of amides is 1. The van der Waals surface area contributed by atoms with Gasteiger partial charge in [-0.15, -0.1) is 0 Å². The van der Waals surface area contributed by atoms with Gasteiger partial charge in [-0.3, -0.25) is 4.79 Å². The topological polar surface area (TPSA) is 87.4 Å². The van der Waals surface area contributed by atoms with E-state index in [-0.39, 0.29) is 18.7 Å². The fraction of sp³-hybridized carbons (Fsp3) is 0.429. The second kappa shape index (κ2) is 12.2. The van der Waals surface area contributed by atoms with Crippen LogP contribution >= 0.6 is 0 Å². The highest BCUT2D eigenvalue weighted by atomic mass is 19.1. The number of carbonyl (C=O) groups excluding carboxylic acids is 1. The number of rotatable bonds is 10. The van der Waals surface area contributed by atoms with Gasteiger partial charge in [-0.1, -0.05) is 42.8 Å². The second-order valence-electron chi connectivity index (χ2n) is 9.43. The van der Waals surface area contributed by atoms with Crippen LogP contribution in [0.1, 0.15) is 64.7 Å². The summed E-state index contributed by atoms with van der Waals surface area (Å²) in [5.41, 5.74) is 4.25. The number of nitrogens with one attached hydrogen (secondary N) is 2. The summed E-state index contributed by atoms with van der Waals surface area (Å²) in [4.78, 5) is 13.2. The van der Waals surface area contributed by atoms with Crippen LogP contribution in [0.2, 0.25) is 0 Å². The molecule has 192 valence electrons. The van der Waals surface area contributed by atoms with Crippen LogP contribution in [-0.2, 0) is 32.2 Å². The first-order valence-electron chi connectivity index (χ1n) is 12.6. The Labute approximate surface area is 210 Å². The Morgan fingerprint density at radius 3 is 2.58 bits per heavy atom. The zero-order valence-corrected chi connectivity index (χ0v) is 20.5. The van der Waals surface area contributed by atoms with Crippen molar-refractivity contribution >= 4 is 5.91 Å². The van der Waals surface area contributed by atoms with E-state index >= 15 is 0 Å². The number of carbonyl (C=O) groups is 1. The molecule has 6 nitrogen and oxygen atoms in total. The van der Waals surface area contributed by atoms with Crippen LogP contribution in [-0.4, -0.2) is 34.9 Å². The van der Waals surface area contributed by atoms with Gasteiger partial charge in [-0.25, -0.2) is 8.78 Å². The zero-order chi connectivity index (χ0) is 25.5. The Morgan fingerprint density at radius 2 is 1.81 bits per heavy atom. The van der Waals surface area contributed by atoms with Crippen molar-refractivity contribution in [3.8, 4) is 0 Å². The molecule has 8 heteroatoms. The monoisotopic (exact) mass is 497 g/mol. The van der Waals surface area contributed by atoms with Gasteiger partial charge in [-0.05, 0) is 67.3 Å². The molecule has 0 spiro atoms. The lowest BCUT2D eigenvalue weighted by Gasteiger charge is -2.24. The van der Waals surface area contributed by atoms with Crippen LogP contribution in [0.5, 0.6) is 0 Å². The second-order valence-corrected chi connectivity index (χ2v) is 9.43. The number of aliphatic hydroxyl groups is 1. The van der Waals surface area contributed by atoms with E-state index in [4.69, 9.17) is 4.52 Å². The minimum Gasteiger partial charge on any atom is -0.390 e. The molecule has 1 amide bonds. The predicted molar refractivity (Wildman–Crippen MR) is 133 cm³/mol. The summed E-state index contributed by atoms with van der Waals surface area (Å²) in [6, 6.07) is 10.6. The van der Waals surface area contributed by atoms with E-state index in [0.29, 0.717) is 18.5 Å². The molecule has 0 radical (unpaired) electrons. The molecule has 2 aromatic carbocycles. The lowest BCUT2D eigenvalue weighted by molar-refractivity contribution is 0.0795. The van der Waals surface area contributed by atoms with E-state index in [1.54, 1.807) is 0 Å². The molecule has 0 saturated carbocycles. The fourth-order valence-corrected chi connectivity index (χ4v) is 4.71. The maximum Gasteiger partial charge on any atom is 0.290 e. The van der Waals surface area contributed by atoms with Gasteiger partial charge in [0, 0.05) is 24.7 Å². The van der Waals surface area contributed by atoms with Crippen molar-refractivity contribution in [3.63, 3.8) is 0 Å². The number of benzene rings is 2. The lowest BCUT2D eigenvalue weighted by atomic mass is 10.00. The number of hydrogen-bond donors (Lipinski definition) is 3. The van der Waals surface area contributed by atoms with Crippen LogP contribution < -0.4 is 10.6 Å². The molecular formula is C28H33F2N3O3. The molecule has 4 rings (SSSR count). The normalized spacial score (nSPS) is 15.1. The van der Waals surface area contributed by atoms with Crippen molar-refractivity contribution in [3.05, 3.63) is 87.8 Å². The third-order valence-corrected chi connectivity index (χ3v) is 6.66. The summed E-state index contributed by atoms with van der Waals surface area (Å²) < 4.78 is 33.0. The summed E-state index contributed by atoms with van der Waals surface area (Å²) in [6.07, 6.45) is 4.45. The summed E-state index contributed by atoms with van der Waals surface area (Å²) in [5.74, 6) is -1.75. The van der Waals surface area contributed by atoms with E-state index in [2.05, 4.69) is 34.8 Å². The molecule has 36 heavy (non-hydrogen) atoms. The minimum atomic E-state index is -1.02. The van der Waals surface area contributed by atoms with Gasteiger partial charge in [0.2, 0.25) is 5.76 Å². The average Bonchev–Trinajstić information content (AvgIpc) is 3.11. The lowest BCUT2D eigenvalue weighted by Crippen LogP contribution is -2.48. The quantitative estimate of drug-likeness (QED) is 0.364. The Morgan fingerprint density at radius 1 is 1.06 bits per heavy atom. The summed E-state index contributed by atoms with van der Waals surface area (Å²) >= 11 is 0. The van der Waals surface area contributed by atoms with Crippen molar-refractivity contribution in [1.29, 1.82) is 0 Å². The summed E-state index contributed by atoms with van der Waals surface area (Å²) in [5, 5.41) is 21.2. The van der Waals surface area contributed by atoms with Crippen LogP contribution in [0, 0.1) is 11.6 Å². The molecule has 1 aliphatic rings. The van der Waals surface area contributed by atoms with Gasteiger partial charge in [0.25, 0.3) is 5.91 Å². The minimum absolute atomic E-state index is 0.0465. The van der Waals surface area contributed by atoms with Crippen molar-refractivity contribution in [1.82, 2.24) is 15.8 Å². The zero-order valence-electron chi connectivity index (χ0n) is 20.5. The first-order chi connectivity index (χ1) is 17.4. The number of nitrogens with zero attached hydrogens (tertiary/aromatic N) is 1. The fourth-order valence-electron chi connectivity index (χ4n) is 4.71. The molecule has 0 unspecified atom stereocenters. The molecular weight excluding hydrogens is 464 g/mol. The van der Waals surface area contributed by atoms with E-state index in [9.17, 15) is 18.7 Å². The van der Waals surface area contributed by atoms with Crippen molar-refractivity contribution in [2.24, 2.45) is 0 Å². The number of fused-ring (bicyclic) bond motifs is 1. The molecule has 1 aliphatic carbocycles. The maximum atomic E-state index is 13.8. The van der Waals surface area contributed by atoms with Crippen molar-refractivity contribution in [2.45, 2.75) is 70.6 Å². The standard InChI is InChI=1S/C28H33F2N3O3/c1-2-18-7-6-8-19(11-18)16-31-17-26(34)25(14-20-12-21(29)15-22(30)13-20)32-28(35)27-23-9-4-3-5-10-24(23)33-36-27/h6-8,11-13,15,25-26,31,34H,2-5,9-10,14,16-17H2,1H3,(H,32,35)/t25-,26+/m0/s1. The molecule has 0 saturated heterocycles. The molecule has 1 heterocycles. The predicted octanol–water partition coefficient (Wildman–Crippen LogP) is 4.28. The Kier molecular flexibility index (Phi) is 8.83. The average molecular weight is 498 g/mol. The molecule has 0 aliphatic heterocycles. The largest absolute Gasteiger partial charge is 0.390 e. The number of halogens is 2. The highest BCUT2D eigenvalue weighted by molar-refractivity contribution is 5.93. The van der Waals surface area contributed by atoms with E-state index in [1.165, 1.54) is 17.7 Å². The maximum absolute atomic E-state index is 13.8. The third-order valence-electron chi connectivity index (χ3n) is 6.66.